The number of H-pyrrole nitrogens is 1. The van der Waals surface area contributed by atoms with Crippen molar-refractivity contribution in [3.8, 4) is 11.6 Å². The van der Waals surface area contributed by atoms with Crippen LogP contribution in [0.3, 0.4) is 0 Å². The molecule has 3 rings (SSSR count). The van der Waals surface area contributed by atoms with Crippen LogP contribution < -0.4 is 5.32 Å². The Morgan fingerprint density at radius 1 is 1.55 bits per heavy atom. The van der Waals surface area contributed by atoms with Crippen LogP contribution in [0.1, 0.15) is 5.69 Å². The number of furan rings is 1. The van der Waals surface area contributed by atoms with E-state index in [4.69, 9.17) is 4.42 Å². The first-order valence-electron chi connectivity index (χ1n) is 5.84. The molecule has 20 heavy (non-hydrogen) atoms. The van der Waals surface area contributed by atoms with Crippen LogP contribution in [-0.4, -0.2) is 36.3 Å². The van der Waals surface area contributed by atoms with E-state index in [1.54, 1.807) is 18.2 Å². The van der Waals surface area contributed by atoms with E-state index in [9.17, 15) is 4.79 Å². The second-order valence-electron chi connectivity index (χ2n) is 4.11. The smallest absolute Gasteiger partial charge is 0.249 e. The van der Waals surface area contributed by atoms with Gasteiger partial charge < -0.3 is 9.73 Å². The number of hydrogen-bond acceptors (Lipinski definition) is 6. The van der Waals surface area contributed by atoms with E-state index < -0.39 is 0 Å². The number of aromatic nitrogens is 6. The number of tetrazole rings is 1. The summed E-state index contributed by atoms with van der Waals surface area (Å²) in [5.74, 6) is 0.997. The summed E-state index contributed by atoms with van der Waals surface area (Å²) in [5.41, 5.74) is 0.860. The van der Waals surface area contributed by atoms with E-state index in [-0.39, 0.29) is 12.5 Å². The molecule has 0 atom stereocenters. The zero-order chi connectivity index (χ0) is 13.9. The van der Waals surface area contributed by atoms with Crippen molar-refractivity contribution in [2.45, 2.75) is 13.5 Å². The van der Waals surface area contributed by atoms with Crippen LogP contribution in [0.2, 0.25) is 0 Å². The largest absolute Gasteiger partial charge is 0.461 e. The molecule has 102 valence electrons. The van der Waals surface area contributed by atoms with Crippen LogP contribution in [0, 0.1) is 6.92 Å². The summed E-state index contributed by atoms with van der Waals surface area (Å²) in [6.45, 7) is 1.79. The first kappa shape index (κ1) is 12.1. The van der Waals surface area contributed by atoms with E-state index in [1.807, 2.05) is 6.92 Å². The van der Waals surface area contributed by atoms with Gasteiger partial charge in [0.2, 0.25) is 11.7 Å². The van der Waals surface area contributed by atoms with Gasteiger partial charge >= 0.3 is 0 Å². The Morgan fingerprint density at radius 3 is 3.15 bits per heavy atom. The van der Waals surface area contributed by atoms with Crippen molar-refractivity contribution >= 4 is 11.7 Å². The number of carbonyl (C=O) groups excluding carboxylic acids is 1. The molecule has 0 aliphatic carbocycles. The molecule has 3 aromatic rings. The molecular formula is C11H11N7O2. The van der Waals surface area contributed by atoms with Crippen molar-refractivity contribution in [2.75, 3.05) is 5.32 Å². The van der Waals surface area contributed by atoms with Crippen LogP contribution in [0.25, 0.3) is 11.6 Å². The molecule has 0 saturated carbocycles. The van der Waals surface area contributed by atoms with Gasteiger partial charge in [-0.25, -0.2) is 0 Å². The van der Waals surface area contributed by atoms with Gasteiger partial charge in [-0.2, -0.15) is 9.90 Å². The predicted molar refractivity (Wildman–Crippen MR) is 67.5 cm³/mol. The number of hydrogen-bond donors (Lipinski definition) is 2. The third-order valence-electron chi connectivity index (χ3n) is 2.45. The number of anilines is 1. The van der Waals surface area contributed by atoms with Gasteiger partial charge in [0.05, 0.1) is 6.26 Å². The molecule has 3 aromatic heterocycles. The average molecular weight is 273 g/mol. The highest BCUT2D eigenvalue weighted by Gasteiger charge is 2.11. The summed E-state index contributed by atoms with van der Waals surface area (Å²) in [4.78, 5) is 13.0. The summed E-state index contributed by atoms with van der Waals surface area (Å²) < 4.78 is 5.14. The highest BCUT2D eigenvalue weighted by molar-refractivity contribution is 5.89. The number of rotatable bonds is 4. The van der Waals surface area contributed by atoms with Gasteiger partial charge in [0.25, 0.3) is 0 Å². The predicted octanol–water partition coefficient (Wildman–Crippen LogP) is 0.603. The monoisotopic (exact) mass is 273 g/mol. The summed E-state index contributed by atoms with van der Waals surface area (Å²) in [6, 6.07) is 5.16. The SMILES string of the molecule is Cc1cc(NC(=O)Cn2nnc(-c3ccco3)n2)n[nH]1. The van der Waals surface area contributed by atoms with Crippen molar-refractivity contribution in [3.05, 3.63) is 30.2 Å². The third kappa shape index (κ3) is 2.55. The lowest BCUT2D eigenvalue weighted by atomic mass is 10.4. The topological polar surface area (TPSA) is 115 Å². The molecule has 3 heterocycles. The second-order valence-corrected chi connectivity index (χ2v) is 4.11. The van der Waals surface area contributed by atoms with Crippen molar-refractivity contribution in [3.63, 3.8) is 0 Å². The van der Waals surface area contributed by atoms with Gasteiger partial charge in [0.15, 0.2) is 11.6 Å². The Hall–Kier alpha value is -2.97. The fourth-order valence-electron chi connectivity index (χ4n) is 1.61. The van der Waals surface area contributed by atoms with Crippen LogP contribution >= 0.6 is 0 Å². The van der Waals surface area contributed by atoms with Crippen molar-refractivity contribution in [2.24, 2.45) is 0 Å². The maximum Gasteiger partial charge on any atom is 0.249 e. The number of nitrogens with zero attached hydrogens (tertiary/aromatic N) is 5. The van der Waals surface area contributed by atoms with Gasteiger partial charge in [0.1, 0.15) is 6.54 Å². The zero-order valence-electron chi connectivity index (χ0n) is 10.6. The molecule has 0 unspecified atom stereocenters. The number of amides is 1. The molecular weight excluding hydrogens is 262 g/mol. The van der Waals surface area contributed by atoms with Gasteiger partial charge in [0, 0.05) is 11.8 Å². The van der Waals surface area contributed by atoms with E-state index in [1.165, 1.54) is 11.1 Å². The molecule has 0 radical (unpaired) electrons. The van der Waals surface area contributed by atoms with Gasteiger partial charge in [-0.15, -0.1) is 10.2 Å². The minimum Gasteiger partial charge on any atom is -0.461 e. The molecule has 0 saturated heterocycles. The third-order valence-corrected chi connectivity index (χ3v) is 2.45. The molecule has 0 bridgehead atoms. The Balaban J connectivity index is 1.64. The second kappa shape index (κ2) is 4.96. The van der Waals surface area contributed by atoms with E-state index in [0.717, 1.165) is 5.69 Å². The Kier molecular flexibility index (Phi) is 2.99. The number of aromatic amines is 1. The molecule has 2 N–H and O–H groups in total. The molecule has 0 fully saturated rings. The Bertz CT molecular complexity index is 713. The van der Waals surface area contributed by atoms with Gasteiger partial charge in [-0.05, 0) is 24.3 Å². The molecule has 1 amide bonds. The van der Waals surface area contributed by atoms with Crippen LogP contribution in [0.4, 0.5) is 5.82 Å². The normalized spacial score (nSPS) is 10.7. The molecule has 0 aromatic carbocycles. The summed E-state index contributed by atoms with van der Waals surface area (Å²) in [5, 5.41) is 20.9. The first-order chi connectivity index (χ1) is 9.70. The van der Waals surface area contributed by atoms with Crippen molar-refractivity contribution < 1.29 is 9.21 Å². The molecule has 0 spiro atoms. The number of aryl methyl sites for hydroxylation is 1. The van der Waals surface area contributed by atoms with Gasteiger partial charge in [-0.3, -0.25) is 9.89 Å². The minimum absolute atomic E-state index is 0.0559. The van der Waals surface area contributed by atoms with Crippen molar-refractivity contribution in [1.29, 1.82) is 0 Å². The maximum atomic E-state index is 11.8. The lowest BCUT2D eigenvalue weighted by Gasteiger charge is -1.99. The Labute approximate surface area is 113 Å². The fourth-order valence-corrected chi connectivity index (χ4v) is 1.61. The molecule has 9 heteroatoms. The molecule has 9 nitrogen and oxygen atoms in total. The van der Waals surface area contributed by atoms with Crippen LogP contribution in [-0.2, 0) is 11.3 Å². The van der Waals surface area contributed by atoms with E-state index in [2.05, 4.69) is 30.9 Å². The highest BCUT2D eigenvalue weighted by atomic mass is 16.3. The number of carbonyl (C=O) groups is 1. The Morgan fingerprint density at radius 2 is 2.45 bits per heavy atom. The quantitative estimate of drug-likeness (QED) is 0.719. The van der Waals surface area contributed by atoms with Gasteiger partial charge in [-0.1, -0.05) is 0 Å². The number of nitrogens with one attached hydrogen (secondary N) is 2. The lowest BCUT2D eigenvalue weighted by Crippen LogP contribution is -2.20. The van der Waals surface area contributed by atoms with E-state index >= 15 is 0 Å². The maximum absolute atomic E-state index is 11.8. The molecule has 0 aliphatic heterocycles. The average Bonchev–Trinajstić information content (AvgIpc) is 3.10. The minimum atomic E-state index is -0.292. The first-order valence-corrected chi connectivity index (χ1v) is 5.84. The fraction of sp³-hybridized carbons (Fsp3) is 0.182. The molecule has 0 aliphatic rings. The van der Waals surface area contributed by atoms with E-state index in [0.29, 0.717) is 17.4 Å². The van der Waals surface area contributed by atoms with Crippen LogP contribution in [0.15, 0.2) is 28.9 Å². The summed E-state index contributed by atoms with van der Waals surface area (Å²) in [6.07, 6.45) is 1.52. The summed E-state index contributed by atoms with van der Waals surface area (Å²) >= 11 is 0. The van der Waals surface area contributed by atoms with Crippen molar-refractivity contribution in [1.82, 2.24) is 30.4 Å². The summed E-state index contributed by atoms with van der Waals surface area (Å²) in [7, 11) is 0. The van der Waals surface area contributed by atoms with Crippen LogP contribution in [0.5, 0.6) is 0 Å². The lowest BCUT2D eigenvalue weighted by molar-refractivity contribution is -0.117. The highest BCUT2D eigenvalue weighted by Crippen LogP contribution is 2.12. The zero-order valence-corrected chi connectivity index (χ0v) is 10.6. The standard InChI is InChI=1S/C11H11N7O2/c1-7-5-9(14-13-7)12-10(19)6-18-16-11(15-17-18)8-3-2-4-20-8/h2-5H,6H2,1H3,(H2,12,13,14,19).